The van der Waals surface area contributed by atoms with Gasteiger partial charge in [-0.1, -0.05) is 12.1 Å². The number of hydrogen-bond acceptors (Lipinski definition) is 4. The van der Waals surface area contributed by atoms with Crippen molar-refractivity contribution in [2.45, 2.75) is 0 Å². The molecule has 0 bridgehead atoms. The Kier molecular flexibility index (Phi) is 4.41. The summed E-state index contributed by atoms with van der Waals surface area (Å²) in [5, 5.41) is 5.36. The normalized spacial score (nSPS) is 9.85. The molecule has 102 valence electrons. The Labute approximate surface area is 116 Å². The van der Waals surface area contributed by atoms with Gasteiger partial charge in [0.25, 0.3) is 5.91 Å². The minimum Gasteiger partial charge on any atom is -0.323 e. The van der Waals surface area contributed by atoms with Gasteiger partial charge in [-0.2, -0.15) is 0 Å². The number of hydrogen-bond donors (Lipinski definition) is 3. The van der Waals surface area contributed by atoms with E-state index in [1.54, 1.807) is 36.4 Å². The van der Waals surface area contributed by atoms with Crippen molar-refractivity contribution in [2.24, 2.45) is 5.73 Å². The number of nitrogens with two attached hydrogens (primary N) is 1. The molecule has 2 aromatic rings. The molecule has 2 rings (SSSR count). The molecule has 0 saturated carbocycles. The van der Waals surface area contributed by atoms with Crippen molar-refractivity contribution in [3.8, 4) is 0 Å². The maximum Gasteiger partial charge on any atom is 0.255 e. The fraction of sp³-hybridized carbons (Fsp3) is 0.0714. The summed E-state index contributed by atoms with van der Waals surface area (Å²) in [4.78, 5) is 27.2. The molecule has 0 fully saturated rings. The summed E-state index contributed by atoms with van der Waals surface area (Å²) in [6, 6.07) is 10.1. The minimum absolute atomic E-state index is 0.118. The number of nitrogens with zero attached hydrogens (tertiary/aromatic N) is 1. The smallest absolute Gasteiger partial charge is 0.255 e. The lowest BCUT2D eigenvalue weighted by atomic mass is 10.2. The quantitative estimate of drug-likeness (QED) is 0.778. The monoisotopic (exact) mass is 270 g/mol. The molecule has 4 N–H and O–H groups in total. The third-order valence-corrected chi connectivity index (χ3v) is 2.58. The Morgan fingerprint density at radius 2 is 1.60 bits per heavy atom. The highest BCUT2D eigenvalue weighted by molar-refractivity contribution is 6.07. The average molecular weight is 270 g/mol. The van der Waals surface area contributed by atoms with E-state index in [0.717, 1.165) is 0 Å². The van der Waals surface area contributed by atoms with Crippen molar-refractivity contribution in [1.29, 1.82) is 0 Å². The molecule has 0 unspecified atom stereocenters. The zero-order valence-electron chi connectivity index (χ0n) is 10.7. The predicted molar refractivity (Wildman–Crippen MR) is 76.3 cm³/mol. The number of benzene rings is 1. The van der Waals surface area contributed by atoms with Crippen molar-refractivity contribution in [3.05, 3.63) is 54.4 Å². The molecule has 6 nitrogen and oxygen atoms in total. The van der Waals surface area contributed by atoms with Gasteiger partial charge in [0.15, 0.2) is 0 Å². The standard InChI is InChI=1S/C14H14N4O2/c15-9-13(19)17-11-3-1-2-4-12(11)18-14(20)10-5-7-16-8-6-10/h1-8H,9,15H2,(H,17,19)(H,18,20). The fourth-order valence-corrected chi connectivity index (χ4v) is 1.60. The zero-order chi connectivity index (χ0) is 14.4. The van der Waals surface area contributed by atoms with Gasteiger partial charge in [0, 0.05) is 18.0 Å². The zero-order valence-corrected chi connectivity index (χ0v) is 10.7. The molecule has 1 heterocycles. The molecule has 1 aromatic carbocycles. The summed E-state index contributed by atoms with van der Waals surface area (Å²) in [5.41, 5.74) is 6.76. The van der Waals surface area contributed by atoms with Crippen LogP contribution in [0.2, 0.25) is 0 Å². The van der Waals surface area contributed by atoms with Crippen LogP contribution in [0.5, 0.6) is 0 Å². The molecule has 0 atom stereocenters. The van der Waals surface area contributed by atoms with E-state index < -0.39 is 0 Å². The molecule has 0 saturated heterocycles. The van der Waals surface area contributed by atoms with Crippen molar-refractivity contribution >= 4 is 23.2 Å². The molecule has 1 aromatic heterocycles. The summed E-state index contributed by atoms with van der Waals surface area (Å²) in [6.07, 6.45) is 3.08. The van der Waals surface area contributed by atoms with Crippen LogP contribution in [0.25, 0.3) is 0 Å². The summed E-state index contributed by atoms with van der Waals surface area (Å²) in [6.45, 7) is -0.118. The molecular formula is C14H14N4O2. The number of anilines is 2. The van der Waals surface area contributed by atoms with Crippen LogP contribution in [-0.4, -0.2) is 23.3 Å². The van der Waals surface area contributed by atoms with E-state index in [1.807, 2.05) is 0 Å². The summed E-state index contributed by atoms with van der Waals surface area (Å²) < 4.78 is 0. The molecule has 0 aliphatic carbocycles. The fourth-order valence-electron chi connectivity index (χ4n) is 1.60. The molecule has 0 aliphatic heterocycles. The first-order chi connectivity index (χ1) is 9.70. The molecule has 0 radical (unpaired) electrons. The Balaban J connectivity index is 2.17. The van der Waals surface area contributed by atoms with E-state index in [2.05, 4.69) is 15.6 Å². The van der Waals surface area contributed by atoms with Gasteiger partial charge in [-0.05, 0) is 24.3 Å². The van der Waals surface area contributed by atoms with Gasteiger partial charge < -0.3 is 16.4 Å². The Morgan fingerprint density at radius 3 is 2.20 bits per heavy atom. The van der Waals surface area contributed by atoms with E-state index in [9.17, 15) is 9.59 Å². The van der Waals surface area contributed by atoms with Gasteiger partial charge in [-0.25, -0.2) is 0 Å². The Bertz CT molecular complexity index is 614. The van der Waals surface area contributed by atoms with Crippen LogP contribution < -0.4 is 16.4 Å². The van der Waals surface area contributed by atoms with Crippen LogP contribution in [0, 0.1) is 0 Å². The van der Waals surface area contributed by atoms with Gasteiger partial charge in [0.2, 0.25) is 5.91 Å². The highest BCUT2D eigenvalue weighted by Crippen LogP contribution is 2.21. The predicted octanol–water partition coefficient (Wildman–Crippen LogP) is 1.23. The number of rotatable bonds is 4. The molecule has 0 spiro atoms. The van der Waals surface area contributed by atoms with Crippen LogP contribution in [0.15, 0.2) is 48.8 Å². The summed E-state index contributed by atoms with van der Waals surface area (Å²) in [5.74, 6) is -0.600. The first-order valence-electron chi connectivity index (χ1n) is 6.01. The molecular weight excluding hydrogens is 256 g/mol. The van der Waals surface area contributed by atoms with Gasteiger partial charge in [0.1, 0.15) is 0 Å². The lowest BCUT2D eigenvalue weighted by molar-refractivity contribution is -0.114. The van der Waals surface area contributed by atoms with Crippen molar-refractivity contribution in [1.82, 2.24) is 4.98 Å². The molecule has 2 amide bonds. The van der Waals surface area contributed by atoms with Crippen LogP contribution in [0.3, 0.4) is 0 Å². The van der Waals surface area contributed by atoms with Crippen LogP contribution in [-0.2, 0) is 4.79 Å². The first-order valence-corrected chi connectivity index (χ1v) is 6.01. The minimum atomic E-state index is -0.324. The molecule has 0 aliphatic rings. The lowest BCUT2D eigenvalue weighted by Crippen LogP contribution is -2.23. The van der Waals surface area contributed by atoms with Crippen LogP contribution in [0.4, 0.5) is 11.4 Å². The number of pyridine rings is 1. The highest BCUT2D eigenvalue weighted by Gasteiger charge is 2.09. The van der Waals surface area contributed by atoms with Gasteiger partial charge in [0.05, 0.1) is 17.9 Å². The van der Waals surface area contributed by atoms with E-state index in [4.69, 9.17) is 5.73 Å². The van der Waals surface area contributed by atoms with E-state index in [1.165, 1.54) is 12.4 Å². The number of carbonyl (C=O) groups excluding carboxylic acids is 2. The maximum absolute atomic E-state index is 12.0. The van der Waals surface area contributed by atoms with E-state index >= 15 is 0 Å². The second-order valence-corrected chi connectivity index (χ2v) is 3.99. The van der Waals surface area contributed by atoms with Crippen LogP contribution in [0.1, 0.15) is 10.4 Å². The summed E-state index contributed by atoms with van der Waals surface area (Å²) >= 11 is 0. The second-order valence-electron chi connectivity index (χ2n) is 3.99. The number of carbonyl (C=O) groups is 2. The average Bonchev–Trinajstić information content (AvgIpc) is 2.50. The van der Waals surface area contributed by atoms with Crippen molar-refractivity contribution in [3.63, 3.8) is 0 Å². The highest BCUT2D eigenvalue weighted by atomic mass is 16.2. The Hall–Kier alpha value is -2.73. The molecule has 20 heavy (non-hydrogen) atoms. The number of amides is 2. The topological polar surface area (TPSA) is 97.1 Å². The maximum atomic E-state index is 12.0. The number of nitrogens with one attached hydrogen (secondary N) is 2. The lowest BCUT2D eigenvalue weighted by Gasteiger charge is -2.11. The summed E-state index contributed by atoms with van der Waals surface area (Å²) in [7, 11) is 0. The van der Waals surface area contributed by atoms with Gasteiger partial charge in [-0.15, -0.1) is 0 Å². The van der Waals surface area contributed by atoms with E-state index in [-0.39, 0.29) is 18.4 Å². The Morgan fingerprint density at radius 1 is 1.00 bits per heavy atom. The second kappa shape index (κ2) is 6.44. The number of aromatic nitrogens is 1. The number of para-hydroxylation sites is 2. The van der Waals surface area contributed by atoms with Crippen molar-refractivity contribution in [2.75, 3.05) is 17.2 Å². The first kappa shape index (κ1) is 13.7. The third-order valence-electron chi connectivity index (χ3n) is 2.58. The van der Waals surface area contributed by atoms with Gasteiger partial charge in [-0.3, -0.25) is 14.6 Å². The third kappa shape index (κ3) is 3.39. The largest absolute Gasteiger partial charge is 0.323 e. The van der Waals surface area contributed by atoms with Crippen molar-refractivity contribution < 1.29 is 9.59 Å². The van der Waals surface area contributed by atoms with Crippen LogP contribution >= 0.6 is 0 Å². The SMILES string of the molecule is NCC(=O)Nc1ccccc1NC(=O)c1ccncc1. The van der Waals surface area contributed by atoms with E-state index in [0.29, 0.717) is 16.9 Å². The molecule has 6 heteroatoms. The van der Waals surface area contributed by atoms with Gasteiger partial charge >= 0.3 is 0 Å².